The monoisotopic (exact) mass is 305 g/mol. The first kappa shape index (κ1) is 14.3. The molecular weight excluding hydrogens is 286 g/mol. The smallest absolute Gasteiger partial charge is 0.226 e. The average Bonchev–Trinajstić information content (AvgIpc) is 3.16. The molecule has 0 aliphatic carbocycles. The standard InChI is InChI=1S/C15H19N3O2S/c1-11-9-14(17-20-11)16-15(19)4-7-18-6-2-3-13(18)12-5-8-21-10-12/h5,8-10,13H,2-4,6-7H2,1H3,(H,16,17,19)/t13-/m1/s1. The Morgan fingerprint density at radius 3 is 3.24 bits per heavy atom. The van der Waals surface area contributed by atoms with E-state index in [0.29, 0.717) is 24.0 Å². The Morgan fingerprint density at radius 1 is 1.62 bits per heavy atom. The van der Waals surface area contributed by atoms with Crippen molar-refractivity contribution in [3.8, 4) is 0 Å². The zero-order valence-electron chi connectivity index (χ0n) is 12.0. The Morgan fingerprint density at radius 2 is 2.52 bits per heavy atom. The van der Waals surface area contributed by atoms with E-state index in [-0.39, 0.29) is 5.91 Å². The minimum absolute atomic E-state index is 0.0146. The second-order valence-electron chi connectivity index (χ2n) is 5.37. The minimum Gasteiger partial charge on any atom is -0.360 e. The van der Waals surface area contributed by atoms with Crippen LogP contribution in [0.5, 0.6) is 0 Å². The van der Waals surface area contributed by atoms with Gasteiger partial charge < -0.3 is 9.84 Å². The molecule has 0 unspecified atom stereocenters. The molecule has 2 aromatic heterocycles. The number of carbonyl (C=O) groups is 1. The second kappa shape index (κ2) is 6.41. The van der Waals surface area contributed by atoms with E-state index in [9.17, 15) is 4.79 Å². The van der Waals surface area contributed by atoms with Crippen LogP contribution in [0.25, 0.3) is 0 Å². The summed E-state index contributed by atoms with van der Waals surface area (Å²) >= 11 is 1.73. The molecule has 1 N–H and O–H groups in total. The highest BCUT2D eigenvalue weighted by Crippen LogP contribution is 2.32. The lowest BCUT2D eigenvalue weighted by Crippen LogP contribution is -2.27. The van der Waals surface area contributed by atoms with E-state index in [4.69, 9.17) is 4.52 Å². The van der Waals surface area contributed by atoms with Crippen LogP contribution in [-0.2, 0) is 4.79 Å². The summed E-state index contributed by atoms with van der Waals surface area (Å²) in [5.41, 5.74) is 1.38. The van der Waals surface area contributed by atoms with E-state index in [1.54, 1.807) is 24.3 Å². The Kier molecular flexibility index (Phi) is 4.36. The normalized spacial score (nSPS) is 19.0. The number of anilines is 1. The summed E-state index contributed by atoms with van der Waals surface area (Å²) in [6.45, 7) is 3.65. The van der Waals surface area contributed by atoms with Crippen LogP contribution in [0.15, 0.2) is 27.4 Å². The van der Waals surface area contributed by atoms with E-state index in [1.807, 2.05) is 0 Å². The third kappa shape index (κ3) is 3.51. The van der Waals surface area contributed by atoms with Gasteiger partial charge in [-0.15, -0.1) is 0 Å². The molecule has 0 bridgehead atoms. The van der Waals surface area contributed by atoms with E-state index < -0.39 is 0 Å². The van der Waals surface area contributed by atoms with Gasteiger partial charge in [0.1, 0.15) is 5.76 Å². The molecule has 1 saturated heterocycles. The van der Waals surface area contributed by atoms with Crippen LogP contribution >= 0.6 is 11.3 Å². The Labute approximate surface area is 127 Å². The summed E-state index contributed by atoms with van der Waals surface area (Å²) in [6, 6.07) is 4.38. The Hall–Kier alpha value is -1.66. The van der Waals surface area contributed by atoms with Gasteiger partial charge in [0, 0.05) is 25.1 Å². The van der Waals surface area contributed by atoms with Crippen molar-refractivity contribution >= 4 is 23.1 Å². The first-order chi connectivity index (χ1) is 10.2. The predicted molar refractivity (Wildman–Crippen MR) is 82.4 cm³/mol. The first-order valence-electron chi connectivity index (χ1n) is 7.21. The molecule has 1 aliphatic heterocycles. The zero-order valence-corrected chi connectivity index (χ0v) is 12.9. The number of carbonyl (C=O) groups excluding carboxylic acids is 1. The lowest BCUT2D eigenvalue weighted by atomic mass is 10.1. The van der Waals surface area contributed by atoms with Crippen LogP contribution in [0, 0.1) is 6.92 Å². The number of likely N-dealkylation sites (tertiary alicyclic amines) is 1. The van der Waals surface area contributed by atoms with E-state index >= 15 is 0 Å². The van der Waals surface area contributed by atoms with Gasteiger partial charge in [0.15, 0.2) is 5.82 Å². The van der Waals surface area contributed by atoms with Gasteiger partial charge in [-0.2, -0.15) is 11.3 Å². The largest absolute Gasteiger partial charge is 0.360 e. The molecule has 0 saturated carbocycles. The maximum absolute atomic E-state index is 12.0. The van der Waals surface area contributed by atoms with Crippen molar-refractivity contribution in [2.45, 2.75) is 32.2 Å². The molecule has 6 heteroatoms. The van der Waals surface area contributed by atoms with Crippen molar-refractivity contribution in [3.05, 3.63) is 34.2 Å². The van der Waals surface area contributed by atoms with Crippen molar-refractivity contribution in [3.63, 3.8) is 0 Å². The highest BCUT2D eigenvalue weighted by atomic mass is 32.1. The summed E-state index contributed by atoms with van der Waals surface area (Å²) in [5, 5.41) is 10.9. The molecule has 2 aromatic rings. The summed E-state index contributed by atoms with van der Waals surface area (Å²) in [4.78, 5) is 14.4. The van der Waals surface area contributed by atoms with Crippen LogP contribution in [0.2, 0.25) is 0 Å². The number of rotatable bonds is 5. The van der Waals surface area contributed by atoms with E-state index in [2.05, 4.69) is 32.2 Å². The second-order valence-corrected chi connectivity index (χ2v) is 6.15. The molecule has 0 spiro atoms. The third-order valence-electron chi connectivity index (χ3n) is 3.81. The maximum Gasteiger partial charge on any atom is 0.226 e. The van der Waals surface area contributed by atoms with Crippen LogP contribution in [0.4, 0.5) is 5.82 Å². The molecule has 1 aliphatic rings. The summed E-state index contributed by atoms with van der Waals surface area (Å²) < 4.78 is 4.94. The summed E-state index contributed by atoms with van der Waals surface area (Å²) in [5.74, 6) is 1.18. The molecule has 0 radical (unpaired) electrons. The molecule has 3 rings (SSSR count). The zero-order chi connectivity index (χ0) is 14.7. The van der Waals surface area contributed by atoms with Gasteiger partial charge >= 0.3 is 0 Å². The Bertz CT molecular complexity index is 594. The molecule has 21 heavy (non-hydrogen) atoms. The fourth-order valence-electron chi connectivity index (χ4n) is 2.81. The Balaban J connectivity index is 1.51. The van der Waals surface area contributed by atoms with Crippen LogP contribution in [0.3, 0.4) is 0 Å². The molecule has 1 fully saturated rings. The lowest BCUT2D eigenvalue weighted by molar-refractivity contribution is -0.116. The molecular formula is C15H19N3O2S. The fraction of sp³-hybridized carbons (Fsp3) is 0.467. The third-order valence-corrected chi connectivity index (χ3v) is 4.51. The topological polar surface area (TPSA) is 58.4 Å². The van der Waals surface area contributed by atoms with Crippen LogP contribution in [-0.4, -0.2) is 29.1 Å². The molecule has 112 valence electrons. The van der Waals surface area contributed by atoms with E-state index in [1.165, 1.54) is 18.4 Å². The van der Waals surface area contributed by atoms with Gasteiger partial charge in [0.2, 0.25) is 5.91 Å². The summed E-state index contributed by atoms with van der Waals surface area (Å²) in [6.07, 6.45) is 2.86. The number of thiophene rings is 1. The van der Waals surface area contributed by atoms with Crippen LogP contribution < -0.4 is 5.32 Å². The van der Waals surface area contributed by atoms with Gasteiger partial charge in [-0.05, 0) is 48.7 Å². The summed E-state index contributed by atoms with van der Waals surface area (Å²) in [7, 11) is 0. The fourth-order valence-corrected chi connectivity index (χ4v) is 3.52. The van der Waals surface area contributed by atoms with Crippen molar-refractivity contribution in [1.82, 2.24) is 10.1 Å². The molecule has 1 amide bonds. The number of hydrogen-bond acceptors (Lipinski definition) is 5. The van der Waals surface area contributed by atoms with Crippen molar-refractivity contribution in [2.75, 3.05) is 18.4 Å². The average molecular weight is 305 g/mol. The van der Waals surface area contributed by atoms with Gasteiger partial charge in [-0.3, -0.25) is 9.69 Å². The SMILES string of the molecule is Cc1cc(NC(=O)CCN2CCC[C@@H]2c2ccsc2)no1. The maximum atomic E-state index is 12.0. The number of aromatic nitrogens is 1. The highest BCUT2D eigenvalue weighted by molar-refractivity contribution is 7.07. The van der Waals surface area contributed by atoms with Gasteiger partial charge in [-0.1, -0.05) is 5.16 Å². The van der Waals surface area contributed by atoms with E-state index in [0.717, 1.165) is 13.1 Å². The van der Waals surface area contributed by atoms with Crippen molar-refractivity contribution < 1.29 is 9.32 Å². The minimum atomic E-state index is -0.0146. The van der Waals surface area contributed by atoms with Gasteiger partial charge in [0.05, 0.1) is 0 Å². The highest BCUT2D eigenvalue weighted by Gasteiger charge is 2.26. The number of nitrogens with zero attached hydrogens (tertiary/aromatic N) is 2. The van der Waals surface area contributed by atoms with Crippen LogP contribution in [0.1, 0.15) is 36.6 Å². The number of amides is 1. The van der Waals surface area contributed by atoms with Gasteiger partial charge in [-0.25, -0.2) is 0 Å². The quantitative estimate of drug-likeness (QED) is 0.921. The molecule has 0 aromatic carbocycles. The number of aryl methyl sites for hydroxylation is 1. The van der Waals surface area contributed by atoms with Gasteiger partial charge in [0.25, 0.3) is 0 Å². The number of nitrogens with one attached hydrogen (secondary N) is 1. The number of hydrogen-bond donors (Lipinski definition) is 1. The van der Waals surface area contributed by atoms with Crippen molar-refractivity contribution in [2.24, 2.45) is 0 Å². The predicted octanol–water partition coefficient (Wildman–Crippen LogP) is 3.21. The molecule has 3 heterocycles. The molecule has 1 atom stereocenters. The first-order valence-corrected chi connectivity index (χ1v) is 8.16. The molecule has 5 nitrogen and oxygen atoms in total. The lowest BCUT2D eigenvalue weighted by Gasteiger charge is -2.23. The van der Waals surface area contributed by atoms with Crippen molar-refractivity contribution in [1.29, 1.82) is 0 Å².